The van der Waals surface area contributed by atoms with Gasteiger partial charge in [-0.15, -0.1) is 0 Å². The molecule has 162 valence electrons. The maximum absolute atomic E-state index is 11.5. The summed E-state index contributed by atoms with van der Waals surface area (Å²) in [5.41, 5.74) is 3.80. The Kier molecular flexibility index (Phi) is 6.16. The molecule has 2 aromatic rings. The first-order valence-electron chi connectivity index (χ1n) is 10.7. The molecule has 0 saturated carbocycles. The lowest BCUT2D eigenvalue weighted by Crippen LogP contribution is -2.57. The van der Waals surface area contributed by atoms with E-state index in [1.54, 1.807) is 12.1 Å². The van der Waals surface area contributed by atoms with Gasteiger partial charge in [-0.25, -0.2) is 13.6 Å². The molecule has 3 unspecified atom stereocenters. The average Bonchev–Trinajstić information content (AvgIpc) is 2.72. The van der Waals surface area contributed by atoms with Crippen LogP contribution in [-0.4, -0.2) is 51.6 Å². The number of primary sulfonamides is 1. The van der Waals surface area contributed by atoms with E-state index in [0.717, 1.165) is 44.8 Å². The van der Waals surface area contributed by atoms with Gasteiger partial charge < -0.3 is 9.64 Å². The van der Waals surface area contributed by atoms with Crippen LogP contribution in [0.5, 0.6) is 0 Å². The number of ether oxygens (including phenoxy) is 1. The van der Waals surface area contributed by atoms with Crippen LogP contribution in [0.1, 0.15) is 37.5 Å². The summed E-state index contributed by atoms with van der Waals surface area (Å²) in [4.78, 5) is 5.04. The highest BCUT2D eigenvalue weighted by atomic mass is 32.2. The molecule has 2 N–H and O–H groups in total. The molecule has 0 aliphatic carbocycles. The number of nitrogens with two attached hydrogens (primary N) is 1. The van der Waals surface area contributed by atoms with Crippen LogP contribution in [0.2, 0.25) is 0 Å². The maximum atomic E-state index is 11.5. The summed E-state index contributed by atoms with van der Waals surface area (Å²) in [6.07, 6.45) is 2.18. The summed E-state index contributed by atoms with van der Waals surface area (Å²) < 4.78 is 29.1. The number of anilines is 1. The summed E-state index contributed by atoms with van der Waals surface area (Å²) in [6, 6.07) is 16.3. The molecular formula is C23H31N3O3S. The fourth-order valence-electron chi connectivity index (χ4n) is 4.84. The highest BCUT2D eigenvalue weighted by molar-refractivity contribution is 7.89. The second-order valence-corrected chi connectivity index (χ2v) is 10.0. The van der Waals surface area contributed by atoms with Gasteiger partial charge in [0, 0.05) is 37.4 Å². The van der Waals surface area contributed by atoms with Gasteiger partial charge in [0.05, 0.1) is 17.6 Å². The molecule has 30 heavy (non-hydrogen) atoms. The molecule has 0 spiro atoms. The van der Waals surface area contributed by atoms with Crippen molar-refractivity contribution in [3.63, 3.8) is 0 Å². The zero-order valence-corrected chi connectivity index (χ0v) is 18.5. The van der Waals surface area contributed by atoms with Crippen LogP contribution in [0.3, 0.4) is 0 Å². The minimum absolute atomic E-state index is 0.152. The molecular weight excluding hydrogens is 398 g/mol. The van der Waals surface area contributed by atoms with E-state index in [-0.39, 0.29) is 11.0 Å². The number of piperazine rings is 1. The first-order valence-corrected chi connectivity index (χ1v) is 12.2. The Labute approximate surface area is 179 Å². The molecule has 6 nitrogen and oxygen atoms in total. The van der Waals surface area contributed by atoms with Crippen molar-refractivity contribution >= 4 is 15.7 Å². The van der Waals surface area contributed by atoms with Crippen molar-refractivity contribution in [3.05, 3.63) is 59.7 Å². The number of hydrogen-bond acceptors (Lipinski definition) is 5. The lowest BCUT2D eigenvalue weighted by Gasteiger charge is -2.46. The van der Waals surface area contributed by atoms with Gasteiger partial charge in [0.25, 0.3) is 0 Å². The average molecular weight is 430 g/mol. The SMILES string of the molecule is CC1CN(c2ccc(S(N)(=O)=O)cc2)CC(C)N1CCC1OCCc2ccccc21. The Morgan fingerprint density at radius 2 is 1.70 bits per heavy atom. The van der Waals surface area contributed by atoms with E-state index in [9.17, 15) is 8.42 Å². The van der Waals surface area contributed by atoms with Gasteiger partial charge in [-0.2, -0.15) is 0 Å². The standard InChI is InChI=1S/C23H31N3O3S/c1-17-15-25(20-7-9-21(10-8-20)30(24,27)28)16-18(2)26(17)13-11-23-22-6-4-3-5-19(22)12-14-29-23/h3-10,17-18,23H,11-16H2,1-2H3,(H2,24,27,28). The molecule has 2 aliphatic rings. The maximum Gasteiger partial charge on any atom is 0.238 e. The van der Waals surface area contributed by atoms with E-state index in [2.05, 4.69) is 47.9 Å². The van der Waals surface area contributed by atoms with E-state index in [4.69, 9.17) is 9.88 Å². The monoisotopic (exact) mass is 429 g/mol. The quantitative estimate of drug-likeness (QED) is 0.791. The van der Waals surface area contributed by atoms with Crippen molar-refractivity contribution in [2.75, 3.05) is 31.1 Å². The van der Waals surface area contributed by atoms with Crippen molar-refractivity contribution in [2.45, 2.75) is 49.8 Å². The van der Waals surface area contributed by atoms with Crippen LogP contribution >= 0.6 is 0 Å². The van der Waals surface area contributed by atoms with Crippen LogP contribution in [-0.2, 0) is 21.2 Å². The third kappa shape index (κ3) is 4.54. The molecule has 2 aromatic carbocycles. The van der Waals surface area contributed by atoms with Crippen LogP contribution < -0.4 is 10.0 Å². The summed E-state index contributed by atoms with van der Waals surface area (Å²) in [5, 5.41) is 5.21. The Morgan fingerprint density at radius 1 is 1.03 bits per heavy atom. The third-order valence-corrected chi connectivity index (χ3v) is 7.30. The van der Waals surface area contributed by atoms with Gasteiger partial charge in [-0.1, -0.05) is 24.3 Å². The van der Waals surface area contributed by atoms with Gasteiger partial charge in [-0.3, -0.25) is 4.90 Å². The van der Waals surface area contributed by atoms with Crippen LogP contribution in [0.15, 0.2) is 53.4 Å². The predicted octanol–water partition coefficient (Wildman–Crippen LogP) is 2.94. The summed E-state index contributed by atoms with van der Waals surface area (Å²) in [7, 11) is -3.66. The molecule has 1 fully saturated rings. The molecule has 7 heteroatoms. The molecule has 3 atom stereocenters. The number of benzene rings is 2. The lowest BCUT2D eigenvalue weighted by molar-refractivity contribution is 0.0200. The highest BCUT2D eigenvalue weighted by Gasteiger charge is 2.31. The van der Waals surface area contributed by atoms with E-state index < -0.39 is 10.0 Å². The van der Waals surface area contributed by atoms with Gasteiger partial charge in [0.2, 0.25) is 10.0 Å². The van der Waals surface area contributed by atoms with E-state index in [1.165, 1.54) is 11.1 Å². The normalized spacial score (nSPS) is 25.2. The molecule has 0 aromatic heterocycles. The number of hydrogen-bond donors (Lipinski definition) is 1. The lowest BCUT2D eigenvalue weighted by atomic mass is 9.95. The molecule has 2 heterocycles. The van der Waals surface area contributed by atoms with E-state index in [1.807, 2.05) is 12.1 Å². The zero-order valence-electron chi connectivity index (χ0n) is 17.7. The topological polar surface area (TPSA) is 75.9 Å². The minimum atomic E-state index is -3.66. The van der Waals surface area contributed by atoms with Gasteiger partial charge in [0.15, 0.2) is 0 Å². The fraction of sp³-hybridized carbons (Fsp3) is 0.478. The Morgan fingerprint density at radius 3 is 2.37 bits per heavy atom. The van der Waals surface area contributed by atoms with Crippen LogP contribution in [0, 0.1) is 0 Å². The number of fused-ring (bicyclic) bond motifs is 1. The Balaban J connectivity index is 1.39. The first kappa shape index (κ1) is 21.3. The van der Waals surface area contributed by atoms with E-state index >= 15 is 0 Å². The largest absolute Gasteiger partial charge is 0.373 e. The molecule has 1 saturated heterocycles. The van der Waals surface area contributed by atoms with Crippen LogP contribution in [0.25, 0.3) is 0 Å². The second kappa shape index (κ2) is 8.67. The fourth-order valence-corrected chi connectivity index (χ4v) is 5.35. The molecule has 2 aliphatic heterocycles. The zero-order chi connectivity index (χ0) is 21.3. The van der Waals surface area contributed by atoms with Gasteiger partial charge in [0.1, 0.15) is 0 Å². The van der Waals surface area contributed by atoms with Gasteiger partial charge >= 0.3 is 0 Å². The van der Waals surface area contributed by atoms with Crippen molar-refractivity contribution in [1.82, 2.24) is 4.90 Å². The predicted molar refractivity (Wildman–Crippen MR) is 119 cm³/mol. The highest BCUT2D eigenvalue weighted by Crippen LogP contribution is 2.31. The van der Waals surface area contributed by atoms with Crippen molar-refractivity contribution in [2.24, 2.45) is 5.14 Å². The summed E-state index contributed by atoms with van der Waals surface area (Å²) >= 11 is 0. The number of nitrogens with zero attached hydrogens (tertiary/aromatic N) is 2. The van der Waals surface area contributed by atoms with Crippen molar-refractivity contribution in [3.8, 4) is 0 Å². The van der Waals surface area contributed by atoms with E-state index in [0.29, 0.717) is 12.1 Å². The number of rotatable bonds is 5. The number of sulfonamides is 1. The molecule has 4 rings (SSSR count). The first-order chi connectivity index (χ1) is 14.3. The van der Waals surface area contributed by atoms with Crippen molar-refractivity contribution in [1.29, 1.82) is 0 Å². The Hall–Kier alpha value is -1.93. The smallest absolute Gasteiger partial charge is 0.238 e. The molecule has 0 bridgehead atoms. The third-order valence-electron chi connectivity index (χ3n) is 6.37. The summed E-state index contributed by atoms with van der Waals surface area (Å²) in [5.74, 6) is 0. The van der Waals surface area contributed by atoms with Gasteiger partial charge in [-0.05, 0) is 62.1 Å². The molecule has 0 radical (unpaired) electrons. The Bertz CT molecular complexity index is 965. The second-order valence-electron chi connectivity index (χ2n) is 8.48. The van der Waals surface area contributed by atoms with Crippen LogP contribution in [0.4, 0.5) is 5.69 Å². The summed E-state index contributed by atoms with van der Waals surface area (Å²) in [6.45, 7) is 8.13. The molecule has 0 amide bonds. The van der Waals surface area contributed by atoms with Crippen molar-refractivity contribution < 1.29 is 13.2 Å². The minimum Gasteiger partial charge on any atom is -0.373 e.